The van der Waals surface area contributed by atoms with Crippen LogP contribution < -0.4 is 4.90 Å². The summed E-state index contributed by atoms with van der Waals surface area (Å²) in [5.41, 5.74) is 1.00. The molecule has 3 aromatic rings. The van der Waals surface area contributed by atoms with Crippen molar-refractivity contribution in [1.82, 2.24) is 0 Å². The van der Waals surface area contributed by atoms with Crippen molar-refractivity contribution in [1.29, 1.82) is 0 Å². The fourth-order valence-electron chi connectivity index (χ4n) is 3.67. The Hall–Kier alpha value is -2.85. The monoisotopic (exact) mass is 552 g/mol. The first-order chi connectivity index (χ1) is 16.3. The quantitative estimate of drug-likeness (QED) is 0.116. The van der Waals surface area contributed by atoms with E-state index in [1.165, 1.54) is 41.7 Å². The predicted octanol–water partition coefficient (Wildman–Crippen LogP) is 7.39. The van der Waals surface area contributed by atoms with E-state index in [1.54, 1.807) is 17.0 Å². The van der Waals surface area contributed by atoms with E-state index in [9.17, 15) is 28.8 Å². The Morgan fingerprint density at radius 2 is 1.76 bits per heavy atom. The molecule has 0 aliphatic heterocycles. The van der Waals surface area contributed by atoms with E-state index in [0.717, 1.165) is 19.3 Å². The molecule has 3 rings (SSSR count). The largest absolute Gasteiger partial charge is 0.478 e. The number of anilines is 1. The molecule has 0 bridgehead atoms. The smallest absolute Gasteiger partial charge is 0.339 e. The van der Waals surface area contributed by atoms with E-state index in [2.05, 4.69) is 15.9 Å². The average molecular weight is 553 g/mol. The van der Waals surface area contributed by atoms with Crippen LogP contribution in [0.25, 0.3) is 10.4 Å². The van der Waals surface area contributed by atoms with Gasteiger partial charge in [0, 0.05) is 41.0 Å². The summed E-state index contributed by atoms with van der Waals surface area (Å²) in [5.74, 6) is -2.53. The van der Waals surface area contributed by atoms with Gasteiger partial charge in [-0.15, -0.1) is 11.3 Å². The summed E-state index contributed by atoms with van der Waals surface area (Å²) in [6.07, 6.45) is 2.53. The van der Waals surface area contributed by atoms with Crippen molar-refractivity contribution >= 4 is 43.9 Å². The van der Waals surface area contributed by atoms with Crippen molar-refractivity contribution in [3.8, 4) is 10.4 Å². The minimum atomic E-state index is -1.15. The number of hydrogen-bond acceptors (Lipinski definition) is 5. The Bertz CT molecular complexity index is 1160. The molecule has 34 heavy (non-hydrogen) atoms. The van der Waals surface area contributed by atoms with Crippen LogP contribution in [0.1, 0.15) is 47.7 Å². The number of alkyl halides is 1. The number of nitro benzene ring substituents is 1. The topological polar surface area (TPSA) is 83.7 Å². The minimum absolute atomic E-state index is 0.0588. The van der Waals surface area contributed by atoms with E-state index in [-0.39, 0.29) is 28.7 Å². The number of nitro groups is 1. The predicted molar refractivity (Wildman–Crippen MR) is 133 cm³/mol. The molecule has 2 aromatic carbocycles. The Kier molecular flexibility index (Phi) is 8.73. The number of benzene rings is 2. The lowest BCUT2D eigenvalue weighted by atomic mass is 10.1. The van der Waals surface area contributed by atoms with Crippen LogP contribution in [-0.4, -0.2) is 22.5 Å². The molecule has 1 heterocycles. The molecule has 10 heteroatoms. The zero-order chi connectivity index (χ0) is 24.8. The maximum Gasteiger partial charge on any atom is 0.339 e. The number of carbonyl (C=O) groups is 1. The molecular formula is C24H23BrF2N2O4S. The lowest BCUT2D eigenvalue weighted by Crippen LogP contribution is -2.26. The highest BCUT2D eigenvalue weighted by Crippen LogP contribution is 2.44. The molecular weight excluding hydrogens is 530 g/mol. The summed E-state index contributed by atoms with van der Waals surface area (Å²) in [6.45, 7) is 2.33. The third kappa shape index (κ3) is 5.61. The summed E-state index contributed by atoms with van der Waals surface area (Å²) in [7, 11) is 0. The molecule has 0 atom stereocenters. The van der Waals surface area contributed by atoms with Crippen molar-refractivity contribution in [2.45, 2.75) is 38.1 Å². The Morgan fingerprint density at radius 3 is 2.29 bits per heavy atom. The van der Waals surface area contributed by atoms with Gasteiger partial charge in [-0.2, -0.15) is 0 Å². The van der Waals surface area contributed by atoms with Gasteiger partial charge in [-0.3, -0.25) is 10.1 Å². The minimum Gasteiger partial charge on any atom is -0.478 e. The molecule has 1 aromatic heterocycles. The highest BCUT2D eigenvalue weighted by atomic mass is 79.9. The molecule has 0 aliphatic rings. The first kappa shape index (κ1) is 25.8. The van der Waals surface area contributed by atoms with Crippen LogP contribution in [-0.2, 0) is 11.9 Å². The van der Waals surface area contributed by atoms with Gasteiger partial charge in [0.05, 0.1) is 10.5 Å². The molecule has 0 saturated heterocycles. The first-order valence-corrected chi connectivity index (χ1v) is 12.6. The summed E-state index contributed by atoms with van der Waals surface area (Å²) >= 11 is 4.58. The molecule has 0 unspecified atom stereocenters. The molecule has 0 amide bonds. The van der Waals surface area contributed by atoms with Gasteiger partial charge in [0.15, 0.2) is 0 Å². The van der Waals surface area contributed by atoms with Crippen LogP contribution in [0.5, 0.6) is 0 Å². The van der Waals surface area contributed by atoms with Gasteiger partial charge in [0.25, 0.3) is 5.69 Å². The summed E-state index contributed by atoms with van der Waals surface area (Å²) in [6, 6.07) is 9.52. The Labute approximate surface area is 208 Å². The number of rotatable bonds is 11. The SMILES string of the molecule is CCCCCN(Cc1c(F)cccc1F)c1sc(-c2ccc([N+](=O)[O-])cc2)c(CBr)c1C(=O)O. The van der Waals surface area contributed by atoms with Crippen LogP contribution in [0.4, 0.5) is 19.5 Å². The Balaban J connectivity index is 2.13. The first-order valence-electron chi connectivity index (χ1n) is 10.7. The number of halogens is 3. The van der Waals surface area contributed by atoms with Crippen LogP contribution in [0.3, 0.4) is 0 Å². The number of aromatic carboxylic acids is 1. The molecule has 0 aliphatic carbocycles. The van der Waals surface area contributed by atoms with Crippen molar-refractivity contribution in [2.24, 2.45) is 0 Å². The fourth-order valence-corrected chi connectivity index (χ4v) is 5.76. The third-order valence-corrected chi connectivity index (χ3v) is 7.31. The molecule has 1 N–H and O–H groups in total. The number of thiophene rings is 1. The van der Waals surface area contributed by atoms with E-state index in [1.807, 2.05) is 6.92 Å². The van der Waals surface area contributed by atoms with E-state index < -0.39 is 22.5 Å². The van der Waals surface area contributed by atoms with Crippen LogP contribution in [0, 0.1) is 21.7 Å². The second-order valence-corrected chi connectivity index (χ2v) is 9.22. The molecule has 0 radical (unpaired) electrons. The number of nitrogens with zero attached hydrogens (tertiary/aromatic N) is 2. The lowest BCUT2D eigenvalue weighted by Gasteiger charge is -2.25. The van der Waals surface area contributed by atoms with Gasteiger partial charge in [-0.1, -0.05) is 41.8 Å². The molecule has 0 spiro atoms. The van der Waals surface area contributed by atoms with Crippen molar-refractivity contribution in [3.05, 3.63) is 80.9 Å². The van der Waals surface area contributed by atoms with Gasteiger partial charge in [-0.25, -0.2) is 13.6 Å². The number of carboxylic acid groups (broad SMARTS) is 1. The molecule has 0 fully saturated rings. The van der Waals surface area contributed by atoms with Crippen LogP contribution >= 0.6 is 27.3 Å². The normalized spacial score (nSPS) is 10.9. The van der Waals surface area contributed by atoms with Crippen LogP contribution in [0.15, 0.2) is 42.5 Å². The Morgan fingerprint density at radius 1 is 1.12 bits per heavy atom. The summed E-state index contributed by atoms with van der Waals surface area (Å²) in [4.78, 5) is 25.2. The third-order valence-electron chi connectivity index (χ3n) is 5.41. The van der Waals surface area contributed by atoms with Crippen molar-refractivity contribution < 1.29 is 23.6 Å². The molecule has 0 saturated carbocycles. The maximum atomic E-state index is 14.5. The lowest BCUT2D eigenvalue weighted by molar-refractivity contribution is -0.384. The number of non-ortho nitro benzene ring substituents is 1. The summed E-state index contributed by atoms with van der Waals surface area (Å²) in [5, 5.41) is 21.7. The van der Waals surface area contributed by atoms with E-state index >= 15 is 0 Å². The number of carboxylic acids is 1. The maximum absolute atomic E-state index is 14.5. The molecule has 180 valence electrons. The van der Waals surface area contributed by atoms with Gasteiger partial charge >= 0.3 is 5.97 Å². The van der Waals surface area contributed by atoms with E-state index in [4.69, 9.17) is 0 Å². The van der Waals surface area contributed by atoms with Gasteiger partial charge in [0.2, 0.25) is 0 Å². The average Bonchev–Trinajstić information content (AvgIpc) is 3.20. The van der Waals surface area contributed by atoms with Crippen molar-refractivity contribution in [2.75, 3.05) is 11.4 Å². The second-order valence-electron chi connectivity index (χ2n) is 7.66. The van der Waals surface area contributed by atoms with Crippen LogP contribution in [0.2, 0.25) is 0 Å². The number of hydrogen-bond donors (Lipinski definition) is 1. The van der Waals surface area contributed by atoms with Crippen molar-refractivity contribution in [3.63, 3.8) is 0 Å². The second kappa shape index (κ2) is 11.5. The van der Waals surface area contributed by atoms with Gasteiger partial charge < -0.3 is 10.0 Å². The standard InChI is InChI=1S/C24H23BrF2N2O4S/c1-2-3-4-12-28(14-18-19(26)6-5-7-20(18)27)23-21(24(30)31)17(13-25)22(34-23)15-8-10-16(11-9-15)29(32)33/h5-11H,2-4,12-14H2,1H3,(H,30,31). The summed E-state index contributed by atoms with van der Waals surface area (Å²) < 4.78 is 28.9. The molecule has 6 nitrogen and oxygen atoms in total. The zero-order valence-electron chi connectivity index (χ0n) is 18.4. The zero-order valence-corrected chi connectivity index (χ0v) is 20.8. The van der Waals surface area contributed by atoms with E-state index in [0.29, 0.717) is 27.5 Å². The number of unbranched alkanes of at least 4 members (excludes halogenated alkanes) is 2. The highest BCUT2D eigenvalue weighted by molar-refractivity contribution is 9.08. The highest BCUT2D eigenvalue weighted by Gasteiger charge is 2.28. The fraction of sp³-hybridized carbons (Fsp3) is 0.292. The van der Waals surface area contributed by atoms with Gasteiger partial charge in [-0.05, 0) is 41.8 Å². The van der Waals surface area contributed by atoms with Gasteiger partial charge in [0.1, 0.15) is 16.6 Å².